The second kappa shape index (κ2) is 5.76. The van der Waals surface area contributed by atoms with Crippen molar-refractivity contribution in [2.75, 3.05) is 6.54 Å². The number of carbonyl (C=O) groups excluding carboxylic acids is 1. The van der Waals surface area contributed by atoms with Gasteiger partial charge in [-0.05, 0) is 12.1 Å². The zero-order valence-electron chi connectivity index (χ0n) is 9.96. The fraction of sp³-hybridized carbons (Fsp3) is 0.167. The Morgan fingerprint density at radius 2 is 2.16 bits per heavy atom. The highest BCUT2D eigenvalue weighted by Crippen LogP contribution is 2.02. The van der Waals surface area contributed by atoms with Crippen molar-refractivity contribution in [3.8, 4) is 0 Å². The number of rotatable bonds is 5. The minimum absolute atomic E-state index is 0.154. The molecular weight excluding hydrogens is 248 g/mol. The van der Waals surface area contributed by atoms with Crippen molar-refractivity contribution in [1.29, 1.82) is 0 Å². The summed E-state index contributed by atoms with van der Waals surface area (Å²) in [6.45, 7) is 0.414. The van der Waals surface area contributed by atoms with Crippen molar-refractivity contribution in [2.45, 2.75) is 6.42 Å². The second-order valence-electron chi connectivity index (χ2n) is 3.78. The van der Waals surface area contributed by atoms with Gasteiger partial charge < -0.3 is 15.4 Å². The number of carboxylic acid groups (broad SMARTS) is 1. The molecule has 2 aromatic rings. The lowest BCUT2D eigenvalue weighted by atomic mass is 10.2. The zero-order valence-corrected chi connectivity index (χ0v) is 9.96. The summed E-state index contributed by atoms with van der Waals surface area (Å²) in [5.74, 6) is -0.719. The highest BCUT2D eigenvalue weighted by atomic mass is 16.4. The molecule has 0 unspecified atom stereocenters. The molecule has 0 saturated heterocycles. The maximum absolute atomic E-state index is 11.8. The molecule has 19 heavy (non-hydrogen) atoms. The molecule has 98 valence electrons. The molecule has 7 heteroatoms. The number of H-pyrrole nitrogens is 1. The molecule has 0 aromatic carbocycles. The van der Waals surface area contributed by atoms with Crippen LogP contribution in [0, 0.1) is 0 Å². The largest absolute Gasteiger partial charge is 0.477 e. The predicted octanol–water partition coefficient (Wildman–Crippen LogP) is 0.475. The number of hydrogen-bond acceptors (Lipinski definition) is 4. The van der Waals surface area contributed by atoms with Crippen LogP contribution in [0.4, 0.5) is 0 Å². The van der Waals surface area contributed by atoms with Gasteiger partial charge in [0, 0.05) is 37.1 Å². The van der Waals surface area contributed by atoms with Gasteiger partial charge >= 0.3 is 5.97 Å². The van der Waals surface area contributed by atoms with Crippen LogP contribution in [0.15, 0.2) is 30.7 Å². The summed E-state index contributed by atoms with van der Waals surface area (Å²) >= 11 is 0. The molecule has 2 aromatic heterocycles. The van der Waals surface area contributed by atoms with Crippen molar-refractivity contribution in [3.63, 3.8) is 0 Å². The first kappa shape index (κ1) is 12.7. The molecule has 0 fully saturated rings. The summed E-state index contributed by atoms with van der Waals surface area (Å²) in [4.78, 5) is 33.1. The van der Waals surface area contributed by atoms with E-state index in [9.17, 15) is 9.59 Å². The van der Waals surface area contributed by atoms with E-state index in [0.717, 1.165) is 5.82 Å². The van der Waals surface area contributed by atoms with E-state index in [0.29, 0.717) is 13.0 Å². The van der Waals surface area contributed by atoms with Crippen LogP contribution >= 0.6 is 0 Å². The Morgan fingerprint density at radius 3 is 2.84 bits per heavy atom. The molecule has 0 atom stereocenters. The lowest BCUT2D eigenvalue weighted by Crippen LogP contribution is -2.26. The monoisotopic (exact) mass is 260 g/mol. The number of aromatic amines is 1. The minimum Gasteiger partial charge on any atom is -0.477 e. The minimum atomic E-state index is -1.16. The molecule has 0 aliphatic rings. The summed E-state index contributed by atoms with van der Waals surface area (Å²) in [6.07, 6.45) is 5.22. The summed E-state index contributed by atoms with van der Waals surface area (Å²) in [5.41, 5.74) is 0.116. The number of aromatic nitrogens is 3. The standard InChI is InChI=1S/C12H12N4O3/c17-11(16-4-2-10-14-5-6-15-10)8-1-3-13-9(7-8)12(18)19/h1,3,5-7H,2,4H2,(H,14,15)(H,16,17)(H,18,19). The predicted molar refractivity (Wildman–Crippen MR) is 65.8 cm³/mol. The molecule has 2 rings (SSSR count). The van der Waals surface area contributed by atoms with Crippen LogP contribution in [-0.4, -0.2) is 38.5 Å². The average molecular weight is 260 g/mol. The molecule has 0 radical (unpaired) electrons. The molecule has 0 bridgehead atoms. The number of carboxylic acids is 1. The first-order chi connectivity index (χ1) is 9.16. The van der Waals surface area contributed by atoms with E-state index in [1.165, 1.54) is 18.3 Å². The van der Waals surface area contributed by atoms with Crippen LogP contribution in [0.3, 0.4) is 0 Å². The van der Waals surface area contributed by atoms with Gasteiger partial charge in [0.1, 0.15) is 11.5 Å². The third kappa shape index (κ3) is 3.38. The summed E-state index contributed by atoms with van der Waals surface area (Å²) in [5, 5.41) is 11.5. The molecule has 0 saturated carbocycles. The topological polar surface area (TPSA) is 108 Å². The fourth-order valence-corrected chi connectivity index (χ4v) is 1.52. The molecule has 7 nitrogen and oxygen atoms in total. The van der Waals surface area contributed by atoms with Gasteiger partial charge in [0.05, 0.1) is 0 Å². The smallest absolute Gasteiger partial charge is 0.354 e. The Hall–Kier alpha value is -2.70. The number of pyridine rings is 1. The van der Waals surface area contributed by atoms with E-state index in [1.54, 1.807) is 12.4 Å². The third-order valence-electron chi connectivity index (χ3n) is 2.44. The molecule has 0 aliphatic heterocycles. The SMILES string of the molecule is O=C(NCCc1ncc[nH]1)c1ccnc(C(=O)O)c1. The van der Waals surface area contributed by atoms with Crippen molar-refractivity contribution in [1.82, 2.24) is 20.3 Å². The molecular formula is C12H12N4O3. The first-order valence-electron chi connectivity index (χ1n) is 5.62. The number of nitrogens with one attached hydrogen (secondary N) is 2. The van der Waals surface area contributed by atoms with Gasteiger partial charge in [-0.3, -0.25) is 4.79 Å². The number of hydrogen-bond donors (Lipinski definition) is 3. The van der Waals surface area contributed by atoms with Crippen LogP contribution < -0.4 is 5.32 Å². The van der Waals surface area contributed by atoms with E-state index in [1.807, 2.05) is 0 Å². The van der Waals surface area contributed by atoms with Crippen LogP contribution in [0.25, 0.3) is 0 Å². The van der Waals surface area contributed by atoms with Crippen LogP contribution in [0.5, 0.6) is 0 Å². The van der Waals surface area contributed by atoms with E-state index in [-0.39, 0.29) is 17.2 Å². The van der Waals surface area contributed by atoms with E-state index in [2.05, 4.69) is 20.3 Å². The Bertz CT molecular complexity index is 580. The summed E-state index contributed by atoms with van der Waals surface area (Å²) in [6, 6.07) is 2.71. The molecule has 1 amide bonds. The van der Waals surface area contributed by atoms with Gasteiger partial charge in [0.15, 0.2) is 0 Å². The number of imidazole rings is 1. The summed E-state index contributed by atoms with van der Waals surface area (Å²) < 4.78 is 0. The third-order valence-corrected chi connectivity index (χ3v) is 2.44. The van der Waals surface area contributed by atoms with E-state index < -0.39 is 5.97 Å². The number of nitrogens with zero attached hydrogens (tertiary/aromatic N) is 2. The van der Waals surface area contributed by atoms with E-state index in [4.69, 9.17) is 5.11 Å². The van der Waals surface area contributed by atoms with Crippen LogP contribution in [-0.2, 0) is 6.42 Å². The maximum atomic E-state index is 11.8. The van der Waals surface area contributed by atoms with Gasteiger partial charge in [0.2, 0.25) is 0 Å². The fourth-order valence-electron chi connectivity index (χ4n) is 1.52. The van der Waals surface area contributed by atoms with Crippen molar-refractivity contribution < 1.29 is 14.7 Å². The van der Waals surface area contributed by atoms with Gasteiger partial charge in [0.25, 0.3) is 5.91 Å². The van der Waals surface area contributed by atoms with Crippen molar-refractivity contribution in [2.24, 2.45) is 0 Å². The average Bonchev–Trinajstić information content (AvgIpc) is 2.92. The van der Waals surface area contributed by atoms with Crippen LogP contribution in [0.1, 0.15) is 26.7 Å². The lowest BCUT2D eigenvalue weighted by Gasteiger charge is -2.04. The Balaban J connectivity index is 1.92. The molecule has 3 N–H and O–H groups in total. The quantitative estimate of drug-likeness (QED) is 0.724. The summed E-state index contributed by atoms with van der Waals surface area (Å²) in [7, 11) is 0. The number of carbonyl (C=O) groups is 2. The maximum Gasteiger partial charge on any atom is 0.354 e. The number of amides is 1. The van der Waals surface area contributed by atoms with Gasteiger partial charge in [-0.1, -0.05) is 0 Å². The van der Waals surface area contributed by atoms with Crippen LogP contribution in [0.2, 0.25) is 0 Å². The van der Waals surface area contributed by atoms with Crippen molar-refractivity contribution in [3.05, 3.63) is 47.8 Å². The molecule has 0 aliphatic carbocycles. The molecule has 0 spiro atoms. The van der Waals surface area contributed by atoms with Gasteiger partial charge in [-0.25, -0.2) is 14.8 Å². The van der Waals surface area contributed by atoms with Gasteiger partial charge in [-0.15, -0.1) is 0 Å². The van der Waals surface area contributed by atoms with Gasteiger partial charge in [-0.2, -0.15) is 0 Å². The normalized spacial score (nSPS) is 10.1. The van der Waals surface area contributed by atoms with E-state index >= 15 is 0 Å². The second-order valence-corrected chi connectivity index (χ2v) is 3.78. The Morgan fingerprint density at radius 1 is 1.32 bits per heavy atom. The first-order valence-corrected chi connectivity index (χ1v) is 5.62. The highest BCUT2D eigenvalue weighted by Gasteiger charge is 2.10. The molecule has 2 heterocycles. The van der Waals surface area contributed by atoms with Crippen molar-refractivity contribution >= 4 is 11.9 Å². The Labute approximate surface area is 108 Å². The Kier molecular flexibility index (Phi) is 3.87. The number of aromatic carboxylic acids is 1. The highest BCUT2D eigenvalue weighted by molar-refractivity contribution is 5.96. The zero-order chi connectivity index (χ0) is 13.7. The lowest BCUT2D eigenvalue weighted by molar-refractivity contribution is 0.0690.